The molecule has 3 heteroatoms. The number of hydrogen-bond donors (Lipinski definition) is 1. The zero-order valence-corrected chi connectivity index (χ0v) is 10.5. The Labute approximate surface area is 102 Å². The van der Waals surface area contributed by atoms with Gasteiger partial charge >= 0.3 is 5.97 Å². The van der Waals surface area contributed by atoms with Gasteiger partial charge in [0.05, 0.1) is 0 Å². The van der Waals surface area contributed by atoms with Gasteiger partial charge in [0.25, 0.3) is 0 Å². The normalized spacial score (nSPS) is 12.4. The van der Waals surface area contributed by atoms with Gasteiger partial charge in [-0.3, -0.25) is 0 Å². The number of ether oxygens (including phenoxy) is 1. The van der Waals surface area contributed by atoms with E-state index in [1.54, 1.807) is 0 Å². The summed E-state index contributed by atoms with van der Waals surface area (Å²) in [5, 5.41) is 9.10. The van der Waals surface area contributed by atoms with Crippen LogP contribution in [-0.2, 0) is 22.4 Å². The molecule has 17 heavy (non-hydrogen) atoms. The molecular weight excluding hydrogens is 216 g/mol. The minimum Gasteiger partial charge on any atom is -0.479 e. The van der Waals surface area contributed by atoms with E-state index in [-0.39, 0.29) is 0 Å². The van der Waals surface area contributed by atoms with Crippen molar-refractivity contribution in [1.29, 1.82) is 0 Å². The standard InChI is InChI=1S/C14H20O3/c1-3-9-17-13(14(15)16)10-12-8-6-5-7-11(12)4-2/h5-8,13H,3-4,9-10H2,1-2H3,(H,15,16)/t13-/m0/s1. The van der Waals surface area contributed by atoms with Crippen molar-refractivity contribution in [3.05, 3.63) is 35.4 Å². The van der Waals surface area contributed by atoms with Crippen LogP contribution >= 0.6 is 0 Å². The molecule has 0 amide bonds. The number of carbonyl (C=O) groups is 1. The van der Waals surface area contributed by atoms with Crippen LogP contribution in [0.25, 0.3) is 0 Å². The second-order valence-electron chi connectivity index (χ2n) is 4.02. The molecule has 0 saturated carbocycles. The zero-order valence-electron chi connectivity index (χ0n) is 10.5. The first-order valence-electron chi connectivity index (χ1n) is 6.10. The topological polar surface area (TPSA) is 46.5 Å². The fourth-order valence-electron chi connectivity index (χ4n) is 1.78. The average Bonchev–Trinajstić information content (AvgIpc) is 2.34. The summed E-state index contributed by atoms with van der Waals surface area (Å²) in [7, 11) is 0. The highest BCUT2D eigenvalue weighted by atomic mass is 16.5. The fraction of sp³-hybridized carbons (Fsp3) is 0.500. The van der Waals surface area contributed by atoms with Crippen LogP contribution in [0.1, 0.15) is 31.4 Å². The first kappa shape index (κ1) is 13.7. The van der Waals surface area contributed by atoms with Gasteiger partial charge in [-0.1, -0.05) is 38.1 Å². The van der Waals surface area contributed by atoms with Crippen molar-refractivity contribution in [2.45, 2.75) is 39.2 Å². The zero-order chi connectivity index (χ0) is 12.7. The third kappa shape index (κ3) is 4.19. The maximum Gasteiger partial charge on any atom is 0.333 e. The molecule has 0 aromatic heterocycles. The Kier molecular flexibility index (Phi) is 5.70. The monoisotopic (exact) mass is 236 g/mol. The van der Waals surface area contributed by atoms with Crippen LogP contribution in [0.5, 0.6) is 0 Å². The van der Waals surface area contributed by atoms with Crippen LogP contribution in [0.3, 0.4) is 0 Å². The van der Waals surface area contributed by atoms with Crippen LogP contribution in [0.2, 0.25) is 0 Å². The van der Waals surface area contributed by atoms with E-state index in [4.69, 9.17) is 9.84 Å². The Morgan fingerprint density at radius 3 is 2.47 bits per heavy atom. The van der Waals surface area contributed by atoms with E-state index in [9.17, 15) is 4.79 Å². The summed E-state index contributed by atoms with van der Waals surface area (Å²) in [6.45, 7) is 4.53. The van der Waals surface area contributed by atoms with E-state index < -0.39 is 12.1 Å². The van der Waals surface area contributed by atoms with E-state index in [1.807, 2.05) is 31.2 Å². The summed E-state index contributed by atoms with van der Waals surface area (Å²) >= 11 is 0. The lowest BCUT2D eigenvalue weighted by molar-refractivity contribution is -0.150. The van der Waals surface area contributed by atoms with Crippen molar-refractivity contribution in [3.8, 4) is 0 Å². The van der Waals surface area contributed by atoms with E-state index >= 15 is 0 Å². The summed E-state index contributed by atoms with van der Waals surface area (Å²) in [6, 6.07) is 7.93. The molecule has 0 spiro atoms. The molecule has 1 N–H and O–H groups in total. The Balaban J connectivity index is 2.74. The van der Waals surface area contributed by atoms with Gasteiger partial charge < -0.3 is 9.84 Å². The molecule has 0 aliphatic heterocycles. The van der Waals surface area contributed by atoms with Crippen LogP contribution in [0.15, 0.2) is 24.3 Å². The van der Waals surface area contributed by atoms with Gasteiger partial charge in [-0.25, -0.2) is 4.79 Å². The molecule has 1 atom stereocenters. The Hall–Kier alpha value is -1.35. The smallest absolute Gasteiger partial charge is 0.333 e. The van der Waals surface area contributed by atoms with Crippen molar-refractivity contribution in [2.75, 3.05) is 6.61 Å². The first-order valence-corrected chi connectivity index (χ1v) is 6.10. The molecule has 1 aromatic carbocycles. The van der Waals surface area contributed by atoms with Crippen molar-refractivity contribution in [2.24, 2.45) is 0 Å². The summed E-state index contributed by atoms with van der Waals surface area (Å²) in [4.78, 5) is 11.1. The lowest BCUT2D eigenvalue weighted by atomic mass is 10.00. The van der Waals surface area contributed by atoms with Crippen LogP contribution < -0.4 is 0 Å². The summed E-state index contributed by atoms with van der Waals surface area (Å²) in [5.74, 6) is -0.885. The van der Waals surface area contributed by atoms with E-state index in [0.29, 0.717) is 13.0 Å². The number of hydrogen-bond acceptors (Lipinski definition) is 2. The van der Waals surface area contributed by atoms with E-state index in [0.717, 1.165) is 18.4 Å². The molecule has 0 bridgehead atoms. The lowest BCUT2D eigenvalue weighted by Gasteiger charge is -2.15. The Bertz CT molecular complexity index is 360. The average molecular weight is 236 g/mol. The van der Waals surface area contributed by atoms with Crippen LogP contribution in [0.4, 0.5) is 0 Å². The molecule has 1 rings (SSSR count). The van der Waals surface area contributed by atoms with Gasteiger partial charge in [0.1, 0.15) is 0 Å². The van der Waals surface area contributed by atoms with Crippen LogP contribution in [-0.4, -0.2) is 23.8 Å². The molecule has 3 nitrogen and oxygen atoms in total. The predicted octanol–water partition coefficient (Wildman–Crippen LogP) is 2.67. The molecule has 94 valence electrons. The third-order valence-electron chi connectivity index (χ3n) is 2.70. The van der Waals surface area contributed by atoms with Gasteiger partial charge in [-0.05, 0) is 24.0 Å². The van der Waals surface area contributed by atoms with Gasteiger partial charge in [0.15, 0.2) is 6.10 Å². The van der Waals surface area contributed by atoms with E-state index in [2.05, 4.69) is 6.92 Å². The molecule has 0 fully saturated rings. The number of benzene rings is 1. The number of aliphatic carboxylic acids is 1. The molecular formula is C14H20O3. The van der Waals surface area contributed by atoms with Crippen molar-refractivity contribution in [1.82, 2.24) is 0 Å². The number of rotatable bonds is 7. The summed E-state index contributed by atoms with van der Waals surface area (Å²) < 4.78 is 5.36. The molecule has 0 radical (unpaired) electrons. The molecule has 0 aliphatic carbocycles. The highest BCUT2D eigenvalue weighted by Crippen LogP contribution is 2.13. The molecule has 0 saturated heterocycles. The van der Waals surface area contributed by atoms with Gasteiger partial charge in [-0.15, -0.1) is 0 Å². The number of carboxylic acid groups (broad SMARTS) is 1. The minimum absolute atomic E-state index is 0.444. The quantitative estimate of drug-likeness (QED) is 0.791. The first-order chi connectivity index (χ1) is 8.19. The maximum atomic E-state index is 11.1. The van der Waals surface area contributed by atoms with Gasteiger partial charge in [-0.2, -0.15) is 0 Å². The SMILES string of the molecule is CCCO[C@@H](Cc1ccccc1CC)C(=O)O. The lowest BCUT2D eigenvalue weighted by Crippen LogP contribution is -2.27. The fourth-order valence-corrected chi connectivity index (χ4v) is 1.78. The Morgan fingerprint density at radius 1 is 1.29 bits per heavy atom. The van der Waals surface area contributed by atoms with Crippen molar-refractivity contribution in [3.63, 3.8) is 0 Å². The van der Waals surface area contributed by atoms with Crippen molar-refractivity contribution < 1.29 is 14.6 Å². The number of carboxylic acids is 1. The van der Waals surface area contributed by atoms with Gasteiger partial charge in [0.2, 0.25) is 0 Å². The summed E-state index contributed by atoms with van der Waals surface area (Å²) in [6.07, 6.45) is 1.46. The largest absolute Gasteiger partial charge is 0.479 e. The molecule has 0 aliphatic rings. The maximum absolute atomic E-state index is 11.1. The van der Waals surface area contributed by atoms with E-state index in [1.165, 1.54) is 5.56 Å². The van der Waals surface area contributed by atoms with Crippen LogP contribution in [0, 0.1) is 0 Å². The molecule has 0 heterocycles. The second kappa shape index (κ2) is 7.07. The third-order valence-corrected chi connectivity index (χ3v) is 2.70. The second-order valence-corrected chi connectivity index (χ2v) is 4.02. The summed E-state index contributed by atoms with van der Waals surface area (Å²) in [5.41, 5.74) is 2.26. The number of aryl methyl sites for hydroxylation is 1. The minimum atomic E-state index is -0.885. The highest BCUT2D eigenvalue weighted by Gasteiger charge is 2.19. The Morgan fingerprint density at radius 2 is 1.94 bits per heavy atom. The van der Waals surface area contributed by atoms with Gasteiger partial charge in [0, 0.05) is 13.0 Å². The van der Waals surface area contributed by atoms with Crippen molar-refractivity contribution >= 4 is 5.97 Å². The molecule has 0 unspecified atom stereocenters. The highest BCUT2D eigenvalue weighted by molar-refractivity contribution is 5.72. The molecule has 1 aromatic rings. The predicted molar refractivity (Wildman–Crippen MR) is 67.2 cm³/mol.